The average molecular weight is 1790 g/mol. The number of piperidine rings is 1. The van der Waals surface area contributed by atoms with E-state index in [0.29, 0.717) is 45.4 Å². The Bertz CT molecular complexity index is 2670. The summed E-state index contributed by atoms with van der Waals surface area (Å²) in [5.74, 6) is 1.93. The Hall–Kier alpha value is 1.57. The quantitative estimate of drug-likeness (QED) is 0.104. The van der Waals surface area contributed by atoms with Gasteiger partial charge in [-0.2, -0.15) is 6.42 Å². The van der Waals surface area contributed by atoms with Crippen molar-refractivity contribution in [3.63, 3.8) is 0 Å². The van der Waals surface area contributed by atoms with Gasteiger partial charge in [-0.15, -0.1) is 24.0 Å². The third-order valence-electron chi connectivity index (χ3n) is 12.5. The van der Waals surface area contributed by atoms with Crippen molar-refractivity contribution in [2.24, 2.45) is 5.73 Å². The second-order valence-corrected chi connectivity index (χ2v) is 64.0. The second-order valence-electron chi connectivity index (χ2n) is 16.9. The first-order valence-electron chi connectivity index (χ1n) is 22.9. The third-order valence-corrected chi connectivity index (χ3v) is 12.5. The van der Waals surface area contributed by atoms with Gasteiger partial charge in [-0.25, -0.2) is 18.7 Å². The van der Waals surface area contributed by atoms with Crippen molar-refractivity contribution >= 4 is 146 Å². The predicted molar refractivity (Wildman–Crippen MR) is 318 cm³/mol. The molecular formula is C47H60F2I6N8O4V2Y-. The number of aromatic nitrogens is 6. The van der Waals surface area contributed by atoms with Gasteiger partial charge in [0.05, 0.1) is 11.4 Å². The molecule has 1 fully saturated rings. The van der Waals surface area contributed by atoms with Crippen LogP contribution in [0, 0.1) is 32.4 Å². The molecule has 3 aliphatic rings. The summed E-state index contributed by atoms with van der Waals surface area (Å²) >= 11 is 12.1. The first-order chi connectivity index (χ1) is 32.7. The molecule has 0 amide bonds. The van der Waals surface area contributed by atoms with Crippen LogP contribution in [0.4, 0.5) is 8.78 Å². The number of hydrogen-bond acceptors (Lipinski definition) is 10. The molecule has 1 radical (unpaired) electrons. The van der Waals surface area contributed by atoms with Gasteiger partial charge in [0.1, 0.15) is 23.3 Å². The van der Waals surface area contributed by atoms with E-state index in [2.05, 4.69) is 134 Å². The van der Waals surface area contributed by atoms with E-state index in [9.17, 15) is 18.4 Å². The van der Waals surface area contributed by atoms with E-state index in [1.54, 1.807) is 12.1 Å². The number of nitrogens with two attached hydrogens (primary N) is 1. The molecule has 2 aromatic carbocycles. The molecule has 0 aliphatic carbocycles. The van der Waals surface area contributed by atoms with Crippen molar-refractivity contribution in [2.75, 3.05) is 26.2 Å². The smallest absolute Gasteiger partial charge is 0 e. The van der Waals surface area contributed by atoms with Crippen molar-refractivity contribution in [1.82, 2.24) is 34.3 Å². The number of benzene rings is 2. The standard InChI is InChI=1S/C23H27FN4O2.C13H15FNO.C11H17N3O.6HI.2V.Y/c1-15-18(23(29)28-10-3-2-4-21(28)25-15)9-13-27-11-7-16(8-12-27)22-19-6-5-17(24)14-20(19)30-26-22;1-3-5-9(4-2)13-11-7-6-10(14)8-12(11)16-15-13;1-8-9(5-6-12)11(15)14-7-3-2-4-10(14)13-8;;;;;;;;;/h5-6,14,16H,2-4,7-13H2,1H3;6-9H,2-5H2,1H3;2-7,12H2,1H3;6*1H;;;/q;-1;;;;;;;;+2;+3;/p-5. The summed E-state index contributed by atoms with van der Waals surface area (Å²) in [5, 5.41) is 10.1. The third kappa shape index (κ3) is 19.2. The van der Waals surface area contributed by atoms with E-state index < -0.39 is 0 Å². The van der Waals surface area contributed by atoms with Crippen LogP contribution in [0.5, 0.6) is 0 Å². The minimum Gasteiger partial charge on any atom is 0 e. The molecule has 0 saturated carbocycles. The first-order valence-corrected chi connectivity index (χ1v) is 45.5. The van der Waals surface area contributed by atoms with Gasteiger partial charge in [-0.1, -0.05) is 23.7 Å². The molecular weight excluding hydrogens is 1730 g/mol. The first kappa shape index (κ1) is 65.9. The Labute approximate surface area is 519 Å². The molecule has 7 heterocycles. The van der Waals surface area contributed by atoms with Crippen molar-refractivity contribution in [2.45, 2.75) is 129 Å². The summed E-state index contributed by atoms with van der Waals surface area (Å²) < 4.78 is 40.6. The normalized spacial score (nSPS) is 14.7. The van der Waals surface area contributed by atoms with Crippen LogP contribution in [0.25, 0.3) is 21.9 Å². The minimum atomic E-state index is -0.303. The van der Waals surface area contributed by atoms with Gasteiger partial charge in [0.2, 0.25) is 0 Å². The summed E-state index contributed by atoms with van der Waals surface area (Å²) in [5.41, 5.74) is 12.1. The van der Waals surface area contributed by atoms with Crippen molar-refractivity contribution in [3.05, 3.63) is 121 Å². The second kappa shape index (κ2) is 34.5. The Kier molecular flexibility index (Phi) is 32.4. The van der Waals surface area contributed by atoms with Crippen LogP contribution in [0.1, 0.15) is 122 Å². The molecule has 23 heteroatoms. The van der Waals surface area contributed by atoms with Gasteiger partial charge >= 0.3 is 114 Å². The van der Waals surface area contributed by atoms with Gasteiger partial charge in [0.15, 0.2) is 11.2 Å². The molecule has 12 nitrogen and oxygen atoms in total. The maximum atomic E-state index is 13.4. The van der Waals surface area contributed by atoms with E-state index >= 15 is 0 Å². The molecule has 2 N–H and O–H groups in total. The van der Waals surface area contributed by atoms with E-state index in [4.69, 9.17) is 19.8 Å². The zero-order valence-electron chi connectivity index (χ0n) is 39.6. The van der Waals surface area contributed by atoms with Crippen molar-refractivity contribution in [3.8, 4) is 0 Å². The molecule has 6 aromatic rings. The van der Waals surface area contributed by atoms with Crippen LogP contribution in [0.2, 0.25) is 0 Å². The van der Waals surface area contributed by atoms with E-state index in [0.717, 1.165) is 166 Å². The summed E-state index contributed by atoms with van der Waals surface area (Å²) in [6, 6.07) is 9.17. The van der Waals surface area contributed by atoms with Crippen LogP contribution in [-0.2, 0) is 85.9 Å². The van der Waals surface area contributed by atoms with Gasteiger partial charge in [0, 0.05) is 117 Å². The summed E-state index contributed by atoms with van der Waals surface area (Å²) in [6.07, 6.45) is 12.5. The monoisotopic (exact) mass is 1790 g/mol. The molecule has 1 unspecified atom stereocenters. The SMILES string of the molecule is Cc1nc2n(c(=O)c1CCN)CCCC2.Cc1nc2n(c(=O)c1CCN1CCC(c3noc4cc(F)ccc34)CC1)CCCC2.I.[CH2-]CC(CCC)c1noc2cc(F)ccc12.[I][V]([I])[I].[I][V][I].[Y]. The van der Waals surface area contributed by atoms with Crippen LogP contribution in [-0.4, -0.2) is 60.5 Å². The molecule has 0 spiro atoms. The van der Waals surface area contributed by atoms with E-state index in [1.165, 1.54) is 24.3 Å². The molecule has 1 saturated heterocycles. The summed E-state index contributed by atoms with van der Waals surface area (Å²) in [7, 11) is 0.628. The fourth-order valence-electron chi connectivity index (χ4n) is 9.10. The molecule has 382 valence electrons. The molecule has 1 atom stereocenters. The Balaban J connectivity index is 0.000000276. The fraction of sp³-hybridized carbons (Fsp3) is 0.511. The zero-order valence-corrected chi connectivity index (χ0v) is 58.4. The van der Waals surface area contributed by atoms with E-state index in [-0.39, 0.29) is 84.4 Å². The largest absolute Gasteiger partial charge is 0 e. The maximum absolute atomic E-state index is 13.4. The number of hydrogen-bond donors (Lipinski definition) is 1. The summed E-state index contributed by atoms with van der Waals surface area (Å²) in [6.45, 7) is 14.8. The molecule has 4 aromatic heterocycles. The van der Waals surface area contributed by atoms with E-state index in [1.807, 2.05) is 23.0 Å². The Morgan fingerprint density at radius 2 is 1.30 bits per heavy atom. The van der Waals surface area contributed by atoms with Gasteiger partial charge in [-0.3, -0.25) is 18.7 Å². The number of rotatable bonds is 10. The average Bonchev–Trinajstić information content (AvgIpc) is 3.94. The molecule has 3 aliphatic heterocycles. The maximum Gasteiger partial charge on any atom is 0 e. The number of aryl methyl sites for hydroxylation is 4. The predicted octanol–water partition coefficient (Wildman–Crippen LogP) is 13.1. The number of nitrogens with zero attached hydrogens (tertiary/aromatic N) is 7. The van der Waals surface area contributed by atoms with Crippen LogP contribution in [0.3, 0.4) is 0 Å². The van der Waals surface area contributed by atoms with Gasteiger partial charge in [0.25, 0.3) is 11.1 Å². The van der Waals surface area contributed by atoms with Gasteiger partial charge < -0.3 is 26.6 Å². The minimum absolute atomic E-state index is 0. The Morgan fingerprint density at radius 1 is 0.814 bits per heavy atom. The van der Waals surface area contributed by atoms with Crippen LogP contribution >= 0.6 is 124 Å². The Morgan fingerprint density at radius 3 is 1.80 bits per heavy atom. The van der Waals surface area contributed by atoms with Crippen LogP contribution in [0.15, 0.2) is 55.0 Å². The number of halogens is 8. The molecule has 9 rings (SSSR count). The number of fused-ring (bicyclic) bond motifs is 4. The zero-order chi connectivity index (χ0) is 49.3. The van der Waals surface area contributed by atoms with Crippen molar-refractivity contribution in [1.29, 1.82) is 0 Å². The molecule has 0 bridgehead atoms. The summed E-state index contributed by atoms with van der Waals surface area (Å²) in [4.78, 5) is 36.4. The van der Waals surface area contributed by atoms with Crippen molar-refractivity contribution < 1.29 is 64.9 Å². The van der Waals surface area contributed by atoms with Crippen LogP contribution < -0.4 is 16.9 Å². The van der Waals surface area contributed by atoms with Gasteiger partial charge in [-0.05, 0) is 121 Å². The number of likely N-dealkylation sites (tertiary alicyclic amines) is 1. The topological polar surface area (TPSA) is 151 Å². The molecule has 70 heavy (non-hydrogen) atoms. The fourth-order valence-corrected chi connectivity index (χ4v) is 9.10.